The summed E-state index contributed by atoms with van der Waals surface area (Å²) in [5.41, 5.74) is 1.84. The molecule has 0 aromatic heterocycles. The van der Waals surface area contributed by atoms with Crippen molar-refractivity contribution >= 4 is 0 Å². The van der Waals surface area contributed by atoms with Crippen molar-refractivity contribution in [2.45, 2.75) is 50.2 Å². The van der Waals surface area contributed by atoms with Gasteiger partial charge in [0, 0.05) is 12.0 Å². The zero-order chi connectivity index (χ0) is 16.2. The van der Waals surface area contributed by atoms with E-state index in [9.17, 15) is 5.11 Å². The molecule has 0 amide bonds. The van der Waals surface area contributed by atoms with Crippen molar-refractivity contribution in [1.82, 2.24) is 4.90 Å². The molecule has 1 unspecified atom stereocenters. The van der Waals surface area contributed by atoms with Gasteiger partial charge in [0.2, 0.25) is 0 Å². The molecule has 4 aliphatic rings. The van der Waals surface area contributed by atoms with Crippen LogP contribution in [-0.2, 0) is 4.74 Å². The van der Waals surface area contributed by atoms with E-state index in [0.717, 1.165) is 44.0 Å². The third-order valence-corrected chi connectivity index (χ3v) is 7.59. The van der Waals surface area contributed by atoms with Crippen molar-refractivity contribution in [1.29, 1.82) is 0 Å². The van der Waals surface area contributed by atoms with Crippen LogP contribution in [0.3, 0.4) is 0 Å². The molecular weight excluding hydrogens is 298 g/mol. The molecule has 3 heteroatoms. The Hall–Kier alpha value is -0.900. The van der Waals surface area contributed by atoms with Gasteiger partial charge in [-0.05, 0) is 69.0 Å². The quantitative estimate of drug-likeness (QED) is 0.920. The predicted octanol–water partition coefficient (Wildman–Crippen LogP) is 3.39. The molecule has 1 aromatic carbocycles. The first-order chi connectivity index (χ1) is 11.7. The van der Waals surface area contributed by atoms with Crippen LogP contribution in [0.5, 0.6) is 0 Å². The number of hydrogen-bond acceptors (Lipinski definition) is 3. The molecule has 5 rings (SSSR count). The molecule has 3 atom stereocenters. The van der Waals surface area contributed by atoms with Crippen LogP contribution in [0, 0.1) is 17.3 Å². The SMILES string of the molecule is OC(c1ccccc1)C1CCN(C[C@]23C[C@H]2COC32CCC2)CC1. The van der Waals surface area contributed by atoms with Crippen molar-refractivity contribution in [2.24, 2.45) is 17.3 Å². The van der Waals surface area contributed by atoms with Gasteiger partial charge in [-0.15, -0.1) is 0 Å². The Kier molecular flexibility index (Phi) is 3.55. The molecule has 24 heavy (non-hydrogen) atoms. The molecule has 2 heterocycles. The first-order valence-electron chi connectivity index (χ1n) is 9.82. The molecule has 1 aromatic rings. The number of nitrogens with zero attached hydrogens (tertiary/aromatic N) is 1. The lowest BCUT2D eigenvalue weighted by Gasteiger charge is -2.47. The number of fused-ring (bicyclic) bond motifs is 2. The molecule has 2 aliphatic heterocycles. The highest BCUT2D eigenvalue weighted by atomic mass is 16.5. The molecule has 4 fully saturated rings. The maximum atomic E-state index is 10.7. The summed E-state index contributed by atoms with van der Waals surface area (Å²) in [5.74, 6) is 1.25. The van der Waals surface area contributed by atoms with E-state index >= 15 is 0 Å². The number of rotatable bonds is 4. The zero-order valence-corrected chi connectivity index (χ0v) is 14.5. The molecular formula is C21H29NO2. The first-order valence-corrected chi connectivity index (χ1v) is 9.82. The van der Waals surface area contributed by atoms with E-state index in [0.29, 0.717) is 11.3 Å². The third kappa shape index (κ3) is 2.21. The van der Waals surface area contributed by atoms with Crippen LogP contribution < -0.4 is 0 Å². The molecule has 3 nitrogen and oxygen atoms in total. The van der Waals surface area contributed by atoms with E-state index in [4.69, 9.17) is 4.74 Å². The van der Waals surface area contributed by atoms with Gasteiger partial charge < -0.3 is 14.7 Å². The smallest absolute Gasteiger partial charge is 0.0819 e. The van der Waals surface area contributed by atoms with Gasteiger partial charge in [-0.2, -0.15) is 0 Å². The van der Waals surface area contributed by atoms with Crippen molar-refractivity contribution in [3.63, 3.8) is 0 Å². The highest BCUT2D eigenvalue weighted by Gasteiger charge is 2.73. The Morgan fingerprint density at radius 2 is 1.92 bits per heavy atom. The van der Waals surface area contributed by atoms with Crippen LogP contribution in [0.1, 0.15) is 50.2 Å². The highest BCUT2D eigenvalue weighted by molar-refractivity contribution is 5.23. The Bertz CT molecular complexity index is 591. The normalized spacial score (nSPS) is 36.3. The van der Waals surface area contributed by atoms with Gasteiger partial charge in [-0.3, -0.25) is 0 Å². The van der Waals surface area contributed by atoms with Gasteiger partial charge >= 0.3 is 0 Å². The summed E-state index contributed by atoms with van der Waals surface area (Å²) in [6.45, 7) is 4.53. The Labute approximate surface area is 145 Å². The first kappa shape index (κ1) is 15.4. The predicted molar refractivity (Wildman–Crippen MR) is 93.6 cm³/mol. The van der Waals surface area contributed by atoms with E-state index in [1.54, 1.807) is 0 Å². The molecule has 2 saturated heterocycles. The van der Waals surface area contributed by atoms with E-state index in [1.807, 2.05) is 18.2 Å². The van der Waals surface area contributed by atoms with Crippen LogP contribution in [0.4, 0.5) is 0 Å². The van der Waals surface area contributed by atoms with E-state index in [1.165, 1.54) is 32.2 Å². The number of hydrogen-bond donors (Lipinski definition) is 1. The standard InChI is InChI=1S/C21H29NO2/c23-19(16-5-2-1-3-6-16)17-7-11-22(12-8-17)15-20-13-18(20)14-24-21(20)9-4-10-21/h1-3,5-6,17-19,23H,4,7-15H2/t18-,19?,20+/m0/s1. The van der Waals surface area contributed by atoms with Crippen molar-refractivity contribution in [3.8, 4) is 0 Å². The van der Waals surface area contributed by atoms with Crippen molar-refractivity contribution in [2.75, 3.05) is 26.2 Å². The average molecular weight is 327 g/mol. The number of likely N-dealkylation sites (tertiary alicyclic amines) is 1. The van der Waals surface area contributed by atoms with Crippen LogP contribution in [0.15, 0.2) is 30.3 Å². The summed E-state index contributed by atoms with van der Waals surface area (Å²) in [7, 11) is 0. The molecule has 2 saturated carbocycles. The minimum absolute atomic E-state index is 0.262. The van der Waals surface area contributed by atoms with E-state index in [-0.39, 0.29) is 11.7 Å². The van der Waals surface area contributed by atoms with Gasteiger partial charge in [-0.25, -0.2) is 0 Å². The fourth-order valence-electron chi connectivity index (χ4n) is 5.79. The fourth-order valence-corrected chi connectivity index (χ4v) is 5.79. The maximum absolute atomic E-state index is 10.7. The summed E-state index contributed by atoms with van der Waals surface area (Å²) in [6, 6.07) is 10.2. The second-order valence-corrected chi connectivity index (χ2v) is 8.69. The lowest BCUT2D eigenvalue weighted by molar-refractivity contribution is -0.118. The molecule has 0 radical (unpaired) electrons. The third-order valence-electron chi connectivity index (χ3n) is 7.59. The number of aliphatic hydroxyl groups excluding tert-OH is 1. The summed E-state index contributed by atoms with van der Waals surface area (Å²) in [5, 5.41) is 10.7. The minimum atomic E-state index is -0.298. The maximum Gasteiger partial charge on any atom is 0.0819 e. The number of ether oxygens (including phenoxy) is 1. The topological polar surface area (TPSA) is 32.7 Å². The lowest BCUT2D eigenvalue weighted by Crippen LogP contribution is -2.51. The Morgan fingerprint density at radius 1 is 1.17 bits per heavy atom. The van der Waals surface area contributed by atoms with Gasteiger partial charge in [-0.1, -0.05) is 30.3 Å². The second kappa shape index (κ2) is 5.55. The van der Waals surface area contributed by atoms with Crippen LogP contribution >= 0.6 is 0 Å². The summed E-state index contributed by atoms with van der Waals surface area (Å²) >= 11 is 0. The molecule has 130 valence electrons. The van der Waals surface area contributed by atoms with E-state index in [2.05, 4.69) is 17.0 Å². The number of benzene rings is 1. The molecule has 1 N–H and O–H groups in total. The monoisotopic (exact) mass is 327 g/mol. The zero-order valence-electron chi connectivity index (χ0n) is 14.5. The van der Waals surface area contributed by atoms with Gasteiger partial charge in [0.05, 0.1) is 18.3 Å². The molecule has 1 spiro atoms. The van der Waals surface area contributed by atoms with Crippen LogP contribution in [-0.4, -0.2) is 41.8 Å². The Balaban J connectivity index is 1.19. The van der Waals surface area contributed by atoms with Gasteiger partial charge in [0.15, 0.2) is 0 Å². The van der Waals surface area contributed by atoms with E-state index < -0.39 is 0 Å². The van der Waals surface area contributed by atoms with Crippen LogP contribution in [0.25, 0.3) is 0 Å². The lowest BCUT2D eigenvalue weighted by atomic mass is 9.68. The highest BCUT2D eigenvalue weighted by Crippen LogP contribution is 2.71. The fraction of sp³-hybridized carbons (Fsp3) is 0.714. The molecule has 0 bridgehead atoms. The summed E-state index contributed by atoms with van der Waals surface area (Å²) in [6.07, 6.45) is 7.29. The average Bonchev–Trinajstić information content (AvgIpc) is 3.20. The van der Waals surface area contributed by atoms with Crippen LogP contribution in [0.2, 0.25) is 0 Å². The van der Waals surface area contributed by atoms with Crippen molar-refractivity contribution in [3.05, 3.63) is 35.9 Å². The number of piperidine rings is 1. The second-order valence-electron chi connectivity index (χ2n) is 8.69. The molecule has 2 aliphatic carbocycles. The summed E-state index contributed by atoms with van der Waals surface area (Å²) < 4.78 is 6.23. The van der Waals surface area contributed by atoms with Gasteiger partial charge in [0.25, 0.3) is 0 Å². The van der Waals surface area contributed by atoms with Crippen molar-refractivity contribution < 1.29 is 9.84 Å². The Morgan fingerprint density at radius 3 is 2.54 bits per heavy atom. The summed E-state index contributed by atoms with van der Waals surface area (Å²) in [4.78, 5) is 2.67. The number of aliphatic hydroxyl groups is 1. The minimum Gasteiger partial charge on any atom is -0.388 e. The largest absolute Gasteiger partial charge is 0.388 e. The van der Waals surface area contributed by atoms with Gasteiger partial charge in [0.1, 0.15) is 0 Å².